The van der Waals surface area contributed by atoms with Gasteiger partial charge in [0.25, 0.3) is 0 Å². The van der Waals surface area contributed by atoms with E-state index in [2.05, 4.69) is 25.3 Å². The van der Waals surface area contributed by atoms with E-state index in [1.165, 1.54) is 18.7 Å². The molecule has 0 unspecified atom stereocenters. The number of ketones is 1. The van der Waals surface area contributed by atoms with Crippen molar-refractivity contribution >= 4 is 40.0 Å². The number of hydrogen-bond acceptors (Lipinski definition) is 5. The molecular weight excluding hydrogens is 390 g/mol. The molecule has 7 nitrogen and oxygen atoms in total. The summed E-state index contributed by atoms with van der Waals surface area (Å²) in [5, 5.41) is 4.05. The fourth-order valence-electron chi connectivity index (χ4n) is 3.01. The summed E-state index contributed by atoms with van der Waals surface area (Å²) in [5.74, 6) is -0.414. The molecule has 0 aliphatic heterocycles. The Balaban J connectivity index is 1.46. The Labute approximate surface area is 171 Å². The van der Waals surface area contributed by atoms with E-state index < -0.39 is 0 Å². The number of rotatable bonds is 6. The number of benzene rings is 1. The van der Waals surface area contributed by atoms with Crippen LogP contribution in [0.4, 0.5) is 5.69 Å². The lowest BCUT2D eigenvalue weighted by Crippen LogP contribution is -2.13. The molecular formula is C21H16ClN5O2. The first-order valence-electron chi connectivity index (χ1n) is 8.92. The van der Waals surface area contributed by atoms with E-state index in [1.54, 1.807) is 24.5 Å². The number of aryl methyl sites for hydroxylation is 1. The fourth-order valence-corrected chi connectivity index (χ4v) is 3.24. The van der Waals surface area contributed by atoms with Gasteiger partial charge in [0.1, 0.15) is 12.0 Å². The normalized spacial score (nSPS) is 10.8. The highest BCUT2D eigenvalue weighted by molar-refractivity contribution is 6.31. The molecule has 0 atom stereocenters. The first-order chi connectivity index (χ1) is 14.1. The molecule has 0 aliphatic carbocycles. The highest BCUT2D eigenvalue weighted by Gasteiger charge is 2.16. The van der Waals surface area contributed by atoms with Gasteiger partial charge in [-0.15, -0.1) is 0 Å². The molecule has 4 aromatic rings. The van der Waals surface area contributed by atoms with E-state index in [9.17, 15) is 9.59 Å². The molecule has 0 saturated heterocycles. The summed E-state index contributed by atoms with van der Waals surface area (Å²) in [6.45, 7) is 0. The zero-order valence-electron chi connectivity index (χ0n) is 15.2. The van der Waals surface area contributed by atoms with Gasteiger partial charge in [0, 0.05) is 41.0 Å². The van der Waals surface area contributed by atoms with Crippen LogP contribution in [0.1, 0.15) is 27.9 Å². The number of hydrogen-bond donors (Lipinski definition) is 2. The summed E-state index contributed by atoms with van der Waals surface area (Å²) in [6, 6.07) is 9.02. The highest BCUT2D eigenvalue weighted by atomic mass is 35.5. The summed E-state index contributed by atoms with van der Waals surface area (Å²) in [7, 11) is 0. The number of fused-ring (bicyclic) bond motifs is 1. The Morgan fingerprint density at radius 2 is 1.97 bits per heavy atom. The second-order valence-electron chi connectivity index (χ2n) is 6.42. The van der Waals surface area contributed by atoms with Crippen LogP contribution in [0.5, 0.6) is 0 Å². The molecule has 3 heterocycles. The molecule has 0 aliphatic rings. The van der Waals surface area contributed by atoms with Crippen molar-refractivity contribution in [3.05, 3.63) is 83.2 Å². The Hall–Kier alpha value is -3.58. The lowest BCUT2D eigenvalue weighted by molar-refractivity contribution is -0.116. The maximum atomic E-state index is 12.9. The van der Waals surface area contributed by atoms with Gasteiger partial charge in [-0.05, 0) is 24.1 Å². The van der Waals surface area contributed by atoms with Crippen LogP contribution < -0.4 is 5.32 Å². The fraction of sp³-hybridized carbons (Fsp3) is 0.0952. The van der Waals surface area contributed by atoms with Crippen molar-refractivity contribution in [3.8, 4) is 0 Å². The zero-order valence-corrected chi connectivity index (χ0v) is 16.0. The number of carbonyl (C=O) groups excluding carboxylic acids is 2. The van der Waals surface area contributed by atoms with Gasteiger partial charge < -0.3 is 10.3 Å². The molecule has 0 radical (unpaired) electrons. The quantitative estimate of drug-likeness (QED) is 0.475. The van der Waals surface area contributed by atoms with Gasteiger partial charge in [0.05, 0.1) is 17.4 Å². The zero-order chi connectivity index (χ0) is 20.2. The average Bonchev–Trinajstić information content (AvgIpc) is 3.17. The first kappa shape index (κ1) is 18.8. The summed E-state index contributed by atoms with van der Waals surface area (Å²) in [5.41, 5.74) is 2.76. The Kier molecular flexibility index (Phi) is 5.31. The van der Waals surface area contributed by atoms with E-state index >= 15 is 0 Å². The number of pyridine rings is 1. The summed E-state index contributed by atoms with van der Waals surface area (Å²) < 4.78 is 0. The molecule has 144 valence electrons. The monoisotopic (exact) mass is 405 g/mol. The van der Waals surface area contributed by atoms with Crippen LogP contribution in [0.25, 0.3) is 11.0 Å². The minimum absolute atomic E-state index is 0.184. The number of amides is 1. The van der Waals surface area contributed by atoms with Crippen LogP contribution in [-0.4, -0.2) is 31.6 Å². The number of nitrogens with one attached hydrogen (secondary N) is 2. The SMILES string of the molecule is O=C(CCc1ccccc1Cl)Nc1cncc(C(=O)c2c[nH]c3ncncc23)c1. The lowest BCUT2D eigenvalue weighted by atomic mass is 10.1. The molecule has 29 heavy (non-hydrogen) atoms. The predicted octanol–water partition coefficient (Wildman–Crippen LogP) is 3.81. The van der Waals surface area contributed by atoms with Crippen molar-refractivity contribution in [2.75, 3.05) is 5.32 Å². The van der Waals surface area contributed by atoms with Crippen LogP contribution in [0, 0.1) is 0 Å². The van der Waals surface area contributed by atoms with Crippen LogP contribution in [0.2, 0.25) is 5.02 Å². The molecule has 0 bridgehead atoms. The van der Waals surface area contributed by atoms with Gasteiger partial charge in [0.15, 0.2) is 5.78 Å². The number of aromatic nitrogens is 4. The van der Waals surface area contributed by atoms with Gasteiger partial charge in [-0.2, -0.15) is 0 Å². The van der Waals surface area contributed by atoms with Gasteiger partial charge >= 0.3 is 0 Å². The average molecular weight is 406 g/mol. The number of carbonyl (C=O) groups is 2. The van der Waals surface area contributed by atoms with Crippen LogP contribution >= 0.6 is 11.6 Å². The third-order valence-corrected chi connectivity index (χ3v) is 4.83. The van der Waals surface area contributed by atoms with E-state index in [-0.39, 0.29) is 18.1 Å². The van der Waals surface area contributed by atoms with Crippen molar-refractivity contribution in [1.82, 2.24) is 19.9 Å². The minimum Gasteiger partial charge on any atom is -0.345 e. The topological polar surface area (TPSA) is 101 Å². The molecule has 8 heteroatoms. The second-order valence-corrected chi connectivity index (χ2v) is 6.83. The van der Waals surface area contributed by atoms with Gasteiger partial charge in [-0.1, -0.05) is 29.8 Å². The molecule has 1 amide bonds. The number of halogens is 1. The predicted molar refractivity (Wildman–Crippen MR) is 110 cm³/mol. The number of nitrogens with zero attached hydrogens (tertiary/aromatic N) is 3. The van der Waals surface area contributed by atoms with E-state index in [0.717, 1.165) is 5.56 Å². The van der Waals surface area contributed by atoms with E-state index in [1.807, 2.05) is 18.2 Å². The molecule has 1 aromatic carbocycles. The number of aromatic amines is 1. The molecule has 0 fully saturated rings. The Morgan fingerprint density at radius 3 is 2.83 bits per heavy atom. The largest absolute Gasteiger partial charge is 0.345 e. The first-order valence-corrected chi connectivity index (χ1v) is 9.29. The molecule has 0 spiro atoms. The molecule has 2 N–H and O–H groups in total. The lowest BCUT2D eigenvalue weighted by Gasteiger charge is -2.07. The molecule has 4 rings (SSSR count). The van der Waals surface area contributed by atoms with Crippen LogP contribution in [0.3, 0.4) is 0 Å². The van der Waals surface area contributed by atoms with Crippen molar-refractivity contribution in [1.29, 1.82) is 0 Å². The van der Waals surface area contributed by atoms with Crippen molar-refractivity contribution in [3.63, 3.8) is 0 Å². The van der Waals surface area contributed by atoms with Crippen molar-refractivity contribution in [2.45, 2.75) is 12.8 Å². The third kappa shape index (κ3) is 4.14. The maximum absolute atomic E-state index is 12.9. The Bertz CT molecular complexity index is 1200. The van der Waals surface area contributed by atoms with E-state index in [4.69, 9.17) is 11.6 Å². The van der Waals surface area contributed by atoms with Crippen LogP contribution in [-0.2, 0) is 11.2 Å². The third-order valence-electron chi connectivity index (χ3n) is 4.46. The number of anilines is 1. The highest BCUT2D eigenvalue weighted by Crippen LogP contribution is 2.20. The second kappa shape index (κ2) is 8.20. The van der Waals surface area contributed by atoms with Crippen molar-refractivity contribution < 1.29 is 9.59 Å². The van der Waals surface area contributed by atoms with E-state index in [0.29, 0.717) is 39.3 Å². The van der Waals surface area contributed by atoms with Gasteiger partial charge in [-0.3, -0.25) is 14.6 Å². The molecule has 3 aromatic heterocycles. The van der Waals surface area contributed by atoms with Crippen LogP contribution in [0.15, 0.2) is 61.4 Å². The smallest absolute Gasteiger partial charge is 0.224 e. The summed E-state index contributed by atoms with van der Waals surface area (Å²) >= 11 is 6.12. The number of H-pyrrole nitrogens is 1. The Morgan fingerprint density at radius 1 is 1.10 bits per heavy atom. The van der Waals surface area contributed by atoms with Gasteiger partial charge in [0.2, 0.25) is 5.91 Å². The summed E-state index contributed by atoms with van der Waals surface area (Å²) in [6.07, 6.45) is 8.34. The minimum atomic E-state index is -0.231. The maximum Gasteiger partial charge on any atom is 0.224 e. The van der Waals surface area contributed by atoms with Gasteiger partial charge in [-0.25, -0.2) is 9.97 Å². The standard InChI is InChI=1S/C21H16ClN5O2/c22-18-4-2-1-3-13(18)5-6-19(28)27-15-7-14(8-23-9-15)20(29)16-11-25-21-17(16)10-24-12-26-21/h1-4,7-12H,5-6H2,(H,27,28)(H,24,25,26). The summed E-state index contributed by atoms with van der Waals surface area (Å²) in [4.78, 5) is 40.2. The van der Waals surface area contributed by atoms with Crippen molar-refractivity contribution in [2.24, 2.45) is 0 Å². The molecule has 0 saturated carbocycles.